The van der Waals surface area contributed by atoms with Gasteiger partial charge in [0.25, 0.3) is 5.56 Å². The van der Waals surface area contributed by atoms with E-state index >= 15 is 0 Å². The Morgan fingerprint density at radius 3 is 2.47 bits per heavy atom. The molecular weight excluding hydrogens is 260 g/mol. The molecule has 0 saturated carbocycles. The second kappa shape index (κ2) is 5.44. The summed E-state index contributed by atoms with van der Waals surface area (Å²) in [5, 5.41) is 9.49. The highest BCUT2D eigenvalue weighted by molar-refractivity contribution is 6.30. The van der Waals surface area contributed by atoms with E-state index in [0.717, 1.165) is 5.56 Å². The minimum absolute atomic E-state index is 0.0768. The van der Waals surface area contributed by atoms with Gasteiger partial charge >= 0.3 is 0 Å². The highest BCUT2D eigenvalue weighted by Gasteiger charge is 2.09. The Bertz CT molecular complexity index is 746. The number of hydrogen-bond donors (Lipinski definition) is 0. The second-order valence-electron chi connectivity index (χ2n) is 3.85. The van der Waals surface area contributed by atoms with Gasteiger partial charge in [-0.2, -0.15) is 5.26 Å². The molecule has 2 rings (SSSR count). The number of hydrogen-bond acceptors (Lipinski definition) is 2. The summed E-state index contributed by atoms with van der Waals surface area (Å²) in [4.78, 5) is 12.1. The zero-order chi connectivity index (χ0) is 13.8. The lowest BCUT2D eigenvalue weighted by molar-refractivity contribution is 0.802. The number of benzene rings is 1. The molecule has 0 saturated heterocycles. The number of nitriles is 1. The predicted octanol–water partition coefficient (Wildman–Crippen LogP) is 2.67. The molecule has 2 aromatic rings. The van der Waals surface area contributed by atoms with E-state index in [2.05, 4.69) is 5.92 Å². The van der Waals surface area contributed by atoms with Crippen LogP contribution in [0.2, 0.25) is 5.02 Å². The van der Waals surface area contributed by atoms with Crippen molar-refractivity contribution >= 4 is 11.6 Å². The summed E-state index contributed by atoms with van der Waals surface area (Å²) in [6, 6.07) is 12.1. The van der Waals surface area contributed by atoms with Gasteiger partial charge in [0, 0.05) is 5.02 Å². The van der Waals surface area contributed by atoms with E-state index < -0.39 is 0 Å². The Balaban J connectivity index is 2.68. The Labute approximate surface area is 115 Å². The van der Waals surface area contributed by atoms with Crippen molar-refractivity contribution in [2.24, 2.45) is 0 Å². The average Bonchev–Trinajstić information content (AvgIpc) is 2.42. The molecule has 3 nitrogen and oxygen atoms in total. The molecule has 0 atom stereocenters. The lowest BCUT2D eigenvalue weighted by Gasteiger charge is -2.10. The van der Waals surface area contributed by atoms with E-state index in [4.69, 9.17) is 23.3 Å². The van der Waals surface area contributed by atoms with Crippen LogP contribution in [0.1, 0.15) is 5.56 Å². The molecule has 92 valence electrons. The smallest absolute Gasteiger partial charge is 0.269 e. The molecule has 0 fully saturated rings. The first-order valence-corrected chi connectivity index (χ1v) is 5.88. The minimum atomic E-state index is -0.382. The average molecular weight is 269 g/mol. The molecular formula is C15H9ClN2O. The van der Waals surface area contributed by atoms with Crippen LogP contribution < -0.4 is 5.56 Å². The molecule has 0 N–H and O–H groups in total. The van der Waals surface area contributed by atoms with Gasteiger partial charge in [0.2, 0.25) is 0 Å². The fourth-order valence-electron chi connectivity index (χ4n) is 1.78. The first-order chi connectivity index (χ1) is 9.17. The summed E-state index contributed by atoms with van der Waals surface area (Å²) < 4.78 is 1.40. The Kier molecular flexibility index (Phi) is 3.71. The van der Waals surface area contributed by atoms with Crippen molar-refractivity contribution in [3.8, 4) is 29.7 Å². The quantitative estimate of drug-likeness (QED) is 0.786. The minimum Gasteiger partial charge on any atom is -0.296 e. The third kappa shape index (κ3) is 2.52. The molecule has 4 heteroatoms. The van der Waals surface area contributed by atoms with Gasteiger partial charge < -0.3 is 0 Å². The molecule has 1 heterocycles. The Morgan fingerprint density at radius 2 is 1.89 bits per heavy atom. The van der Waals surface area contributed by atoms with Crippen molar-refractivity contribution in [2.45, 2.75) is 6.54 Å². The largest absolute Gasteiger partial charge is 0.296 e. The topological polar surface area (TPSA) is 45.8 Å². The van der Waals surface area contributed by atoms with Crippen LogP contribution >= 0.6 is 11.6 Å². The first-order valence-electron chi connectivity index (χ1n) is 5.50. The van der Waals surface area contributed by atoms with Crippen LogP contribution in [0.15, 0.2) is 41.2 Å². The van der Waals surface area contributed by atoms with E-state index in [1.165, 1.54) is 10.6 Å². The summed E-state index contributed by atoms with van der Waals surface area (Å²) in [5.74, 6) is 2.43. The van der Waals surface area contributed by atoms with E-state index in [1.807, 2.05) is 6.07 Å². The van der Waals surface area contributed by atoms with E-state index in [-0.39, 0.29) is 17.7 Å². The van der Waals surface area contributed by atoms with Gasteiger partial charge in [-0.15, -0.1) is 6.42 Å². The number of pyridine rings is 1. The molecule has 0 aliphatic rings. The maximum absolute atomic E-state index is 12.1. The van der Waals surface area contributed by atoms with Crippen molar-refractivity contribution in [3.05, 3.63) is 57.3 Å². The molecule has 0 bridgehead atoms. The summed E-state index contributed by atoms with van der Waals surface area (Å²) >= 11 is 5.84. The van der Waals surface area contributed by atoms with Gasteiger partial charge in [0.05, 0.1) is 12.2 Å². The number of rotatable bonds is 2. The summed E-state index contributed by atoms with van der Waals surface area (Å²) in [6.07, 6.45) is 5.28. The monoisotopic (exact) mass is 268 g/mol. The maximum atomic E-state index is 12.1. The van der Waals surface area contributed by atoms with Crippen LogP contribution in [-0.2, 0) is 6.54 Å². The number of terminal acetylenes is 1. The third-order valence-electron chi connectivity index (χ3n) is 2.68. The molecule has 0 spiro atoms. The van der Waals surface area contributed by atoms with Gasteiger partial charge in [-0.3, -0.25) is 9.36 Å². The lowest BCUT2D eigenvalue weighted by atomic mass is 10.1. The summed E-state index contributed by atoms with van der Waals surface area (Å²) in [7, 11) is 0. The van der Waals surface area contributed by atoms with Crippen molar-refractivity contribution in [1.82, 2.24) is 4.57 Å². The highest BCUT2D eigenvalue weighted by atomic mass is 35.5. The lowest BCUT2D eigenvalue weighted by Crippen LogP contribution is -2.23. The first kappa shape index (κ1) is 13.0. The van der Waals surface area contributed by atoms with Gasteiger partial charge in [-0.1, -0.05) is 29.7 Å². The molecule has 0 aliphatic heterocycles. The number of nitrogens with zero attached hydrogens (tertiary/aromatic N) is 2. The van der Waals surface area contributed by atoms with Gasteiger partial charge in [-0.05, 0) is 29.8 Å². The molecule has 0 amide bonds. The molecule has 1 aromatic carbocycles. The highest BCUT2D eigenvalue weighted by Crippen LogP contribution is 2.20. The van der Waals surface area contributed by atoms with Crippen LogP contribution in [0.25, 0.3) is 11.3 Å². The van der Waals surface area contributed by atoms with Crippen LogP contribution in [0.5, 0.6) is 0 Å². The fraction of sp³-hybridized carbons (Fsp3) is 0.0667. The van der Waals surface area contributed by atoms with Crippen LogP contribution in [0.4, 0.5) is 0 Å². The molecule has 0 aliphatic carbocycles. The van der Waals surface area contributed by atoms with Gasteiger partial charge in [-0.25, -0.2) is 0 Å². The van der Waals surface area contributed by atoms with Gasteiger partial charge in [0.15, 0.2) is 0 Å². The van der Waals surface area contributed by atoms with E-state index in [1.54, 1.807) is 30.3 Å². The van der Waals surface area contributed by atoms with Crippen molar-refractivity contribution in [2.75, 3.05) is 0 Å². The zero-order valence-electron chi connectivity index (χ0n) is 9.93. The Hall–Kier alpha value is -2.49. The van der Waals surface area contributed by atoms with E-state index in [9.17, 15) is 4.79 Å². The molecule has 19 heavy (non-hydrogen) atoms. The summed E-state index contributed by atoms with van der Waals surface area (Å²) in [6.45, 7) is 0.117. The van der Waals surface area contributed by atoms with E-state index in [0.29, 0.717) is 10.7 Å². The van der Waals surface area contributed by atoms with Crippen molar-refractivity contribution in [3.63, 3.8) is 0 Å². The SMILES string of the molecule is C#CCn1c(-c2ccc(Cl)cc2)ccc(C#N)c1=O. The summed E-state index contributed by atoms with van der Waals surface area (Å²) in [5.41, 5.74) is 1.18. The number of halogens is 1. The maximum Gasteiger partial charge on any atom is 0.269 e. The molecule has 1 aromatic heterocycles. The predicted molar refractivity (Wildman–Crippen MR) is 74.7 cm³/mol. The van der Waals surface area contributed by atoms with Crippen LogP contribution in [-0.4, -0.2) is 4.57 Å². The van der Waals surface area contributed by atoms with Crippen LogP contribution in [0, 0.1) is 23.7 Å². The van der Waals surface area contributed by atoms with Crippen molar-refractivity contribution in [1.29, 1.82) is 5.26 Å². The number of aromatic nitrogens is 1. The molecule has 0 unspecified atom stereocenters. The zero-order valence-corrected chi connectivity index (χ0v) is 10.7. The molecule has 0 radical (unpaired) electrons. The fourth-order valence-corrected chi connectivity index (χ4v) is 1.91. The van der Waals surface area contributed by atoms with Crippen molar-refractivity contribution < 1.29 is 0 Å². The van der Waals surface area contributed by atoms with Crippen LogP contribution in [0.3, 0.4) is 0 Å². The normalized spacial score (nSPS) is 9.63. The second-order valence-corrected chi connectivity index (χ2v) is 4.28. The Morgan fingerprint density at radius 1 is 1.21 bits per heavy atom. The third-order valence-corrected chi connectivity index (χ3v) is 2.94. The van der Waals surface area contributed by atoms with Gasteiger partial charge in [0.1, 0.15) is 11.6 Å². The standard InChI is InChI=1S/C15H9ClN2O/c1-2-9-18-14(8-5-12(10-17)15(18)19)11-3-6-13(16)7-4-11/h1,3-8H,9H2.